The average molecular weight is 416 g/mol. The first kappa shape index (κ1) is 18.4. The third-order valence-electron chi connectivity index (χ3n) is 6.84. The summed E-state index contributed by atoms with van der Waals surface area (Å²) < 4.78 is 7.93. The normalized spacial score (nSPS) is 25.8. The van der Waals surface area contributed by atoms with Crippen LogP contribution in [0.3, 0.4) is 0 Å². The largest absolute Gasteiger partial charge is 0.379 e. The van der Waals surface area contributed by atoms with Crippen LogP contribution in [-0.4, -0.2) is 61.2 Å². The number of H-pyrrole nitrogens is 1. The van der Waals surface area contributed by atoms with Gasteiger partial charge in [-0.15, -0.1) is 5.10 Å². The number of anilines is 1. The third kappa shape index (κ3) is 3.16. The highest BCUT2D eigenvalue weighted by Gasteiger charge is 2.44. The first-order valence-corrected chi connectivity index (χ1v) is 10.7. The van der Waals surface area contributed by atoms with Crippen molar-refractivity contribution < 1.29 is 4.74 Å². The molecular formula is C22H24N8O. The summed E-state index contributed by atoms with van der Waals surface area (Å²) in [5.74, 6) is 2.13. The van der Waals surface area contributed by atoms with Gasteiger partial charge >= 0.3 is 0 Å². The van der Waals surface area contributed by atoms with Crippen LogP contribution in [-0.2, 0) is 4.74 Å². The van der Waals surface area contributed by atoms with Gasteiger partial charge < -0.3 is 14.6 Å². The number of aromatic nitrogens is 7. The molecule has 9 heteroatoms. The van der Waals surface area contributed by atoms with Crippen LogP contribution in [0, 0.1) is 11.8 Å². The van der Waals surface area contributed by atoms with E-state index in [9.17, 15) is 0 Å². The molecule has 31 heavy (non-hydrogen) atoms. The van der Waals surface area contributed by atoms with Gasteiger partial charge in [0.05, 0.1) is 23.9 Å². The van der Waals surface area contributed by atoms with Crippen molar-refractivity contribution in [3.63, 3.8) is 0 Å². The maximum Gasteiger partial charge on any atom is 0.156 e. The van der Waals surface area contributed by atoms with E-state index >= 15 is 0 Å². The van der Waals surface area contributed by atoms with Crippen LogP contribution in [0.15, 0.2) is 49.3 Å². The van der Waals surface area contributed by atoms with Gasteiger partial charge in [-0.3, -0.25) is 4.98 Å². The minimum Gasteiger partial charge on any atom is -0.379 e. The molecule has 9 nitrogen and oxygen atoms in total. The molecule has 6 rings (SSSR count). The summed E-state index contributed by atoms with van der Waals surface area (Å²) in [4.78, 5) is 18.7. The highest BCUT2D eigenvalue weighted by atomic mass is 16.5. The van der Waals surface area contributed by atoms with Crippen molar-refractivity contribution in [2.75, 3.05) is 25.1 Å². The Hall–Kier alpha value is -3.33. The van der Waals surface area contributed by atoms with Crippen LogP contribution < -0.4 is 4.90 Å². The van der Waals surface area contributed by atoms with Crippen molar-refractivity contribution in [1.82, 2.24) is 34.9 Å². The monoisotopic (exact) mass is 416 g/mol. The SMILES string of the molecule is CO[C@@H]1C[C@H]2CN(c3ncnc4cc[nH]c34)C[C@H]2C[C@H]1n1cc(-c2ccncc2)nn1. The van der Waals surface area contributed by atoms with Crippen LogP contribution in [0.1, 0.15) is 18.9 Å². The Balaban J connectivity index is 1.25. The zero-order valence-electron chi connectivity index (χ0n) is 17.3. The molecule has 2 fully saturated rings. The summed E-state index contributed by atoms with van der Waals surface area (Å²) in [5, 5.41) is 8.87. The number of fused-ring (bicyclic) bond motifs is 2. The molecule has 5 heterocycles. The molecule has 4 atom stereocenters. The first-order valence-electron chi connectivity index (χ1n) is 10.7. The van der Waals surface area contributed by atoms with E-state index in [0.29, 0.717) is 11.8 Å². The zero-order valence-corrected chi connectivity index (χ0v) is 17.3. The van der Waals surface area contributed by atoms with Crippen molar-refractivity contribution in [1.29, 1.82) is 0 Å². The highest BCUT2D eigenvalue weighted by Crippen LogP contribution is 2.43. The topological polar surface area (TPSA) is 97.6 Å². The Morgan fingerprint density at radius 1 is 1.06 bits per heavy atom. The second-order valence-corrected chi connectivity index (χ2v) is 8.49. The molecule has 0 unspecified atom stereocenters. The lowest BCUT2D eigenvalue weighted by atomic mass is 9.77. The van der Waals surface area contributed by atoms with Gasteiger partial charge in [-0.25, -0.2) is 14.6 Å². The summed E-state index contributed by atoms with van der Waals surface area (Å²) >= 11 is 0. The molecule has 1 N–H and O–H groups in total. The number of pyridine rings is 1. The molecule has 2 aliphatic rings. The van der Waals surface area contributed by atoms with E-state index in [-0.39, 0.29) is 12.1 Å². The number of hydrogen-bond acceptors (Lipinski definition) is 7. The van der Waals surface area contributed by atoms with E-state index in [0.717, 1.165) is 54.0 Å². The smallest absolute Gasteiger partial charge is 0.156 e. The number of hydrogen-bond donors (Lipinski definition) is 1. The average Bonchev–Trinajstić information content (AvgIpc) is 3.57. The number of rotatable bonds is 4. The van der Waals surface area contributed by atoms with E-state index in [2.05, 4.69) is 35.1 Å². The molecule has 0 amide bonds. The molecule has 4 aromatic rings. The van der Waals surface area contributed by atoms with Crippen LogP contribution in [0.5, 0.6) is 0 Å². The Kier molecular flexibility index (Phi) is 4.41. The summed E-state index contributed by atoms with van der Waals surface area (Å²) in [6.07, 6.45) is 11.3. The standard InChI is InChI=1S/C22H24N8O/c1-31-20-9-16-11-29(22-21-17(4-7-24-21)25-13-26-22)10-15(16)8-19(20)30-12-18(27-28-30)14-2-5-23-6-3-14/h2-7,12-13,15-16,19-20,24H,8-11H2,1H3/t15-,16+,19-,20-/m1/s1. The van der Waals surface area contributed by atoms with Crippen molar-refractivity contribution in [2.45, 2.75) is 25.0 Å². The van der Waals surface area contributed by atoms with Crippen molar-refractivity contribution in [3.05, 3.63) is 49.3 Å². The lowest BCUT2D eigenvalue weighted by Crippen LogP contribution is -2.37. The van der Waals surface area contributed by atoms with Crippen LogP contribution in [0.2, 0.25) is 0 Å². The van der Waals surface area contributed by atoms with E-state index in [1.807, 2.05) is 35.3 Å². The quantitative estimate of drug-likeness (QED) is 0.546. The number of nitrogens with one attached hydrogen (secondary N) is 1. The third-order valence-corrected chi connectivity index (χ3v) is 6.84. The van der Waals surface area contributed by atoms with Gasteiger partial charge in [0.25, 0.3) is 0 Å². The molecule has 0 bridgehead atoms. The van der Waals surface area contributed by atoms with Gasteiger partial charge in [0.2, 0.25) is 0 Å². The predicted molar refractivity (Wildman–Crippen MR) is 115 cm³/mol. The Morgan fingerprint density at radius 2 is 1.90 bits per heavy atom. The number of ether oxygens (including phenoxy) is 1. The van der Waals surface area contributed by atoms with Gasteiger partial charge in [0.1, 0.15) is 17.5 Å². The van der Waals surface area contributed by atoms with Crippen molar-refractivity contribution >= 4 is 16.9 Å². The number of methoxy groups -OCH3 is 1. The fourth-order valence-corrected chi connectivity index (χ4v) is 5.29. The summed E-state index contributed by atoms with van der Waals surface area (Å²) in [7, 11) is 1.80. The lowest BCUT2D eigenvalue weighted by Gasteiger charge is -2.36. The van der Waals surface area contributed by atoms with Crippen LogP contribution in [0.25, 0.3) is 22.3 Å². The summed E-state index contributed by atoms with van der Waals surface area (Å²) in [6.45, 7) is 1.97. The Morgan fingerprint density at radius 3 is 2.74 bits per heavy atom. The fraction of sp³-hybridized carbons (Fsp3) is 0.409. The number of aromatic amines is 1. The van der Waals surface area contributed by atoms with Crippen molar-refractivity contribution in [3.8, 4) is 11.3 Å². The molecule has 1 aliphatic carbocycles. The molecule has 4 aromatic heterocycles. The maximum atomic E-state index is 5.93. The molecule has 0 spiro atoms. The maximum absolute atomic E-state index is 5.93. The van der Waals surface area contributed by atoms with Gasteiger partial charge in [-0.05, 0) is 42.9 Å². The molecule has 1 saturated carbocycles. The van der Waals surface area contributed by atoms with Gasteiger partial charge in [0, 0.05) is 44.4 Å². The molecule has 0 aromatic carbocycles. The van der Waals surface area contributed by atoms with Crippen LogP contribution in [0.4, 0.5) is 5.82 Å². The second kappa shape index (κ2) is 7.42. The van der Waals surface area contributed by atoms with Gasteiger partial charge in [0.15, 0.2) is 5.82 Å². The molecule has 1 saturated heterocycles. The highest BCUT2D eigenvalue weighted by molar-refractivity contribution is 5.86. The van der Waals surface area contributed by atoms with Gasteiger partial charge in [-0.1, -0.05) is 5.21 Å². The second-order valence-electron chi connectivity index (χ2n) is 8.49. The van der Waals surface area contributed by atoms with E-state index in [1.54, 1.807) is 25.8 Å². The first-order chi connectivity index (χ1) is 15.3. The molecular weight excluding hydrogens is 392 g/mol. The minimum atomic E-state index is 0.115. The van der Waals surface area contributed by atoms with E-state index < -0.39 is 0 Å². The molecule has 1 aliphatic heterocycles. The minimum absolute atomic E-state index is 0.115. The zero-order chi connectivity index (χ0) is 20.8. The van der Waals surface area contributed by atoms with Gasteiger partial charge in [-0.2, -0.15) is 0 Å². The van der Waals surface area contributed by atoms with Crippen LogP contribution >= 0.6 is 0 Å². The Labute approximate surface area is 179 Å². The predicted octanol–water partition coefficient (Wildman–Crippen LogP) is 2.71. The molecule has 0 radical (unpaired) electrons. The summed E-state index contributed by atoms with van der Waals surface area (Å²) in [5.41, 5.74) is 3.86. The fourth-order valence-electron chi connectivity index (χ4n) is 5.29. The van der Waals surface area contributed by atoms with Crippen molar-refractivity contribution in [2.24, 2.45) is 11.8 Å². The van der Waals surface area contributed by atoms with E-state index in [1.165, 1.54) is 0 Å². The summed E-state index contributed by atoms with van der Waals surface area (Å²) in [6, 6.07) is 6.07. The Bertz CT molecular complexity index is 1190. The van der Waals surface area contributed by atoms with E-state index in [4.69, 9.17) is 4.74 Å². The lowest BCUT2D eigenvalue weighted by molar-refractivity contribution is -0.00541. The number of nitrogens with zero attached hydrogens (tertiary/aromatic N) is 7. The molecule has 158 valence electrons.